The molecule has 1 unspecified atom stereocenters. The van der Waals surface area contributed by atoms with Gasteiger partial charge in [0.2, 0.25) is 0 Å². The first kappa shape index (κ1) is 22.4. The number of piperidine rings is 1. The number of nitrogens with one attached hydrogen (secondary N) is 1. The normalized spacial score (nSPS) is 28.5. The van der Waals surface area contributed by atoms with Crippen molar-refractivity contribution in [2.75, 3.05) is 20.1 Å². The van der Waals surface area contributed by atoms with Crippen LogP contribution in [0.5, 0.6) is 0 Å². The third kappa shape index (κ3) is 4.39. The Morgan fingerprint density at radius 3 is 2.65 bits per heavy atom. The number of rotatable bonds is 2. The number of likely N-dealkylation sites (N-methyl/N-ethyl adjacent to an activating group) is 1. The van der Waals surface area contributed by atoms with Gasteiger partial charge in [-0.05, 0) is 70.3 Å². The molecule has 0 spiro atoms. The van der Waals surface area contributed by atoms with Crippen LogP contribution in [0.15, 0.2) is 18.2 Å². The molecular weight excluding hydrogens is 348 g/mol. The standard InChI is InChI=1S/C20H29N3S.BH4.Na/c1-13-5-7-16(21-11-13)14-6-8-18-17(9-14)22-19(24-18)15-10-20(2,3)23(4)12-15;;/h6,8-9,13,15-16,21H,5,7,10-12H2,1-4H3;1H4;/q;-1;+1/t13-,15?,16+;;/m0../s1. The van der Waals surface area contributed by atoms with Gasteiger partial charge in [-0.15, -0.1) is 11.3 Å². The molecule has 2 aromatic rings. The second kappa shape index (κ2) is 8.63. The summed E-state index contributed by atoms with van der Waals surface area (Å²) in [5, 5.41) is 5.02. The molecule has 3 atom stereocenters. The maximum atomic E-state index is 5.03. The zero-order valence-corrected chi connectivity index (χ0v) is 19.1. The average Bonchev–Trinajstić information content (AvgIpc) is 3.08. The van der Waals surface area contributed by atoms with Crippen LogP contribution in [-0.2, 0) is 0 Å². The minimum atomic E-state index is 0. The second-order valence-corrected chi connectivity index (χ2v) is 9.58. The van der Waals surface area contributed by atoms with Gasteiger partial charge in [-0.25, -0.2) is 4.98 Å². The molecule has 0 amide bonds. The molecule has 0 aliphatic carbocycles. The van der Waals surface area contributed by atoms with E-state index >= 15 is 0 Å². The fourth-order valence-electron chi connectivity index (χ4n) is 4.20. The van der Waals surface area contributed by atoms with E-state index in [1.807, 2.05) is 11.3 Å². The van der Waals surface area contributed by atoms with E-state index in [1.54, 1.807) is 0 Å². The molecule has 138 valence electrons. The molecule has 2 aliphatic heterocycles. The van der Waals surface area contributed by atoms with Crippen molar-refractivity contribution in [2.45, 2.75) is 57.5 Å². The summed E-state index contributed by atoms with van der Waals surface area (Å²) in [6.07, 6.45) is 3.77. The topological polar surface area (TPSA) is 28.2 Å². The van der Waals surface area contributed by atoms with Gasteiger partial charge >= 0.3 is 29.6 Å². The molecule has 1 N–H and O–H groups in total. The molecule has 6 heteroatoms. The molecule has 26 heavy (non-hydrogen) atoms. The third-order valence-corrected chi connectivity index (χ3v) is 7.31. The third-order valence-electron chi connectivity index (χ3n) is 6.11. The van der Waals surface area contributed by atoms with E-state index in [1.165, 1.54) is 40.1 Å². The predicted octanol–water partition coefficient (Wildman–Crippen LogP) is 0.107. The average molecular weight is 381 g/mol. The van der Waals surface area contributed by atoms with Crippen LogP contribution in [0.3, 0.4) is 0 Å². The quantitative estimate of drug-likeness (QED) is 0.749. The summed E-state index contributed by atoms with van der Waals surface area (Å²) in [5.74, 6) is 1.39. The molecule has 0 bridgehead atoms. The Morgan fingerprint density at radius 1 is 1.27 bits per heavy atom. The van der Waals surface area contributed by atoms with Crippen molar-refractivity contribution in [3.8, 4) is 0 Å². The van der Waals surface area contributed by atoms with Crippen LogP contribution in [0.25, 0.3) is 10.2 Å². The Bertz CT molecular complexity index is 740. The summed E-state index contributed by atoms with van der Waals surface area (Å²) in [5.41, 5.74) is 2.89. The van der Waals surface area contributed by atoms with Crippen LogP contribution in [-0.4, -0.2) is 44.0 Å². The summed E-state index contributed by atoms with van der Waals surface area (Å²) in [6, 6.07) is 7.43. The van der Waals surface area contributed by atoms with Gasteiger partial charge in [0.1, 0.15) is 0 Å². The van der Waals surface area contributed by atoms with E-state index in [0.29, 0.717) is 12.0 Å². The predicted molar refractivity (Wildman–Crippen MR) is 114 cm³/mol. The molecule has 2 aliphatic rings. The Balaban J connectivity index is 0.00000121. The van der Waals surface area contributed by atoms with E-state index in [4.69, 9.17) is 4.98 Å². The second-order valence-electron chi connectivity index (χ2n) is 8.52. The van der Waals surface area contributed by atoms with Crippen LogP contribution < -0.4 is 34.9 Å². The zero-order valence-electron chi connectivity index (χ0n) is 16.3. The minimum absolute atomic E-state index is 0. The first-order valence-electron chi connectivity index (χ1n) is 9.27. The molecule has 4 rings (SSSR count). The molecular formula is C20H33BN3NaS. The Kier molecular flexibility index (Phi) is 7.43. The van der Waals surface area contributed by atoms with E-state index in [-0.39, 0.29) is 43.5 Å². The van der Waals surface area contributed by atoms with Gasteiger partial charge in [-0.3, -0.25) is 0 Å². The van der Waals surface area contributed by atoms with Crippen molar-refractivity contribution in [1.82, 2.24) is 15.2 Å². The zero-order chi connectivity index (χ0) is 16.9. The van der Waals surface area contributed by atoms with Crippen molar-refractivity contribution >= 4 is 30.0 Å². The van der Waals surface area contributed by atoms with Crippen LogP contribution in [0.4, 0.5) is 0 Å². The van der Waals surface area contributed by atoms with Crippen molar-refractivity contribution in [3.05, 3.63) is 28.8 Å². The number of fused-ring (bicyclic) bond motifs is 1. The molecule has 1 aromatic carbocycles. The fraction of sp³-hybridized carbons (Fsp3) is 0.650. The summed E-state index contributed by atoms with van der Waals surface area (Å²) >= 11 is 1.89. The van der Waals surface area contributed by atoms with Crippen LogP contribution in [0, 0.1) is 5.92 Å². The fourth-order valence-corrected chi connectivity index (χ4v) is 5.24. The molecule has 1 aromatic heterocycles. The van der Waals surface area contributed by atoms with Gasteiger partial charge in [0.15, 0.2) is 0 Å². The van der Waals surface area contributed by atoms with E-state index in [2.05, 4.69) is 56.2 Å². The summed E-state index contributed by atoms with van der Waals surface area (Å²) in [7, 11) is 2.24. The molecule has 0 radical (unpaired) electrons. The van der Waals surface area contributed by atoms with Crippen molar-refractivity contribution in [3.63, 3.8) is 0 Å². The number of thiazole rings is 1. The van der Waals surface area contributed by atoms with Crippen molar-refractivity contribution in [2.24, 2.45) is 5.92 Å². The van der Waals surface area contributed by atoms with Gasteiger partial charge in [0.05, 0.1) is 15.2 Å². The summed E-state index contributed by atoms with van der Waals surface area (Å²) in [4.78, 5) is 7.50. The molecule has 0 saturated carbocycles. The number of likely N-dealkylation sites (tertiary alicyclic amines) is 1. The molecule has 2 fully saturated rings. The van der Waals surface area contributed by atoms with Crippen LogP contribution in [0.1, 0.15) is 62.6 Å². The van der Waals surface area contributed by atoms with Crippen LogP contribution in [0.2, 0.25) is 0 Å². The SMILES string of the molecule is C[C@H]1CC[C@H](c2ccc3sc(C4CN(C)C(C)(C)C4)nc3c2)NC1.[BH4-].[Na+]. The Hall–Kier alpha value is 0.0949. The van der Waals surface area contributed by atoms with Crippen molar-refractivity contribution in [1.29, 1.82) is 0 Å². The van der Waals surface area contributed by atoms with Crippen LogP contribution >= 0.6 is 11.3 Å². The number of hydrogen-bond donors (Lipinski definition) is 1. The number of aromatic nitrogens is 1. The van der Waals surface area contributed by atoms with E-state index in [9.17, 15) is 0 Å². The monoisotopic (exact) mass is 381 g/mol. The van der Waals surface area contributed by atoms with Gasteiger partial charge < -0.3 is 10.2 Å². The number of hydrogen-bond acceptors (Lipinski definition) is 4. The van der Waals surface area contributed by atoms with Crippen molar-refractivity contribution < 1.29 is 29.6 Å². The van der Waals surface area contributed by atoms with Gasteiger partial charge in [0.25, 0.3) is 0 Å². The largest absolute Gasteiger partial charge is 1.00 e. The minimum Gasteiger partial charge on any atom is -0.310 e. The maximum Gasteiger partial charge on any atom is 1.00 e. The molecule has 3 nitrogen and oxygen atoms in total. The number of benzene rings is 1. The van der Waals surface area contributed by atoms with Gasteiger partial charge in [-0.1, -0.05) is 21.4 Å². The molecule has 3 heterocycles. The first-order valence-corrected chi connectivity index (χ1v) is 10.1. The van der Waals surface area contributed by atoms with Gasteiger partial charge in [-0.2, -0.15) is 0 Å². The van der Waals surface area contributed by atoms with Gasteiger partial charge in [0, 0.05) is 24.0 Å². The maximum absolute atomic E-state index is 5.03. The van der Waals surface area contributed by atoms with E-state index in [0.717, 1.165) is 19.0 Å². The Morgan fingerprint density at radius 2 is 2.04 bits per heavy atom. The first-order chi connectivity index (χ1) is 11.4. The molecule has 2 saturated heterocycles. The van der Waals surface area contributed by atoms with E-state index < -0.39 is 0 Å². The smallest absolute Gasteiger partial charge is 0.310 e. The number of nitrogens with zero attached hydrogens (tertiary/aromatic N) is 2. The summed E-state index contributed by atoms with van der Waals surface area (Å²) < 4.78 is 1.34. The summed E-state index contributed by atoms with van der Waals surface area (Å²) in [6.45, 7) is 9.28. The Labute approximate surface area is 186 Å².